The first-order valence-corrected chi connectivity index (χ1v) is 10.3. The van der Waals surface area contributed by atoms with Gasteiger partial charge < -0.3 is 19.6 Å². The molecule has 0 fully saturated rings. The SMILES string of the molecule is C=CCOc1ccccc1OCC(C)(O)N1CC=C(c2cccc3[nH]ccc23)CC1. The molecule has 3 aromatic rings. The zero-order valence-corrected chi connectivity index (χ0v) is 17.3. The molecule has 5 nitrogen and oxygen atoms in total. The van der Waals surface area contributed by atoms with Gasteiger partial charge in [-0.25, -0.2) is 0 Å². The van der Waals surface area contributed by atoms with Crippen LogP contribution in [0.4, 0.5) is 0 Å². The van der Waals surface area contributed by atoms with Crippen LogP contribution in [0.2, 0.25) is 0 Å². The number of nitrogens with one attached hydrogen (secondary N) is 1. The van der Waals surface area contributed by atoms with Gasteiger partial charge >= 0.3 is 0 Å². The van der Waals surface area contributed by atoms with Crippen LogP contribution in [0.15, 0.2) is 73.5 Å². The number of aliphatic hydroxyl groups is 1. The summed E-state index contributed by atoms with van der Waals surface area (Å²) in [5.41, 5.74) is 2.63. The van der Waals surface area contributed by atoms with Gasteiger partial charge in [0.2, 0.25) is 0 Å². The molecule has 0 spiro atoms. The highest BCUT2D eigenvalue weighted by molar-refractivity contribution is 5.92. The Morgan fingerprint density at radius 2 is 1.93 bits per heavy atom. The van der Waals surface area contributed by atoms with E-state index >= 15 is 0 Å². The van der Waals surface area contributed by atoms with E-state index in [1.165, 1.54) is 16.5 Å². The topological polar surface area (TPSA) is 57.7 Å². The van der Waals surface area contributed by atoms with Gasteiger partial charge in [0.1, 0.15) is 18.9 Å². The number of ether oxygens (including phenoxy) is 2. The molecule has 1 atom stereocenters. The van der Waals surface area contributed by atoms with Gasteiger partial charge in [0.05, 0.1) is 0 Å². The van der Waals surface area contributed by atoms with Crippen LogP contribution >= 0.6 is 0 Å². The smallest absolute Gasteiger partial charge is 0.161 e. The largest absolute Gasteiger partial charge is 0.486 e. The predicted octanol–water partition coefficient (Wildman–Crippen LogP) is 4.61. The van der Waals surface area contributed by atoms with Gasteiger partial charge in [-0.05, 0) is 48.7 Å². The summed E-state index contributed by atoms with van der Waals surface area (Å²) in [5, 5.41) is 12.3. The first kappa shape index (κ1) is 20.3. The number of benzene rings is 2. The molecule has 0 saturated carbocycles. The molecule has 2 aromatic carbocycles. The van der Waals surface area contributed by atoms with Crippen LogP contribution in [0.5, 0.6) is 11.5 Å². The molecule has 0 bridgehead atoms. The Bertz CT molecular complexity index is 1050. The fourth-order valence-electron chi connectivity index (χ4n) is 3.86. The molecule has 0 aliphatic carbocycles. The number of aromatic amines is 1. The zero-order valence-electron chi connectivity index (χ0n) is 17.3. The number of nitrogens with zero attached hydrogens (tertiary/aromatic N) is 1. The minimum Gasteiger partial charge on any atom is -0.486 e. The molecular formula is C25H28N2O3. The molecule has 1 aromatic heterocycles. The minimum atomic E-state index is -1.09. The Kier molecular flexibility index (Phi) is 5.93. The highest BCUT2D eigenvalue weighted by Gasteiger charge is 2.31. The van der Waals surface area contributed by atoms with E-state index in [9.17, 15) is 5.11 Å². The minimum absolute atomic E-state index is 0.151. The maximum atomic E-state index is 11.1. The average Bonchev–Trinajstić information content (AvgIpc) is 3.26. The summed E-state index contributed by atoms with van der Waals surface area (Å²) >= 11 is 0. The summed E-state index contributed by atoms with van der Waals surface area (Å²) in [6.45, 7) is 7.46. The highest BCUT2D eigenvalue weighted by atomic mass is 16.5. The van der Waals surface area contributed by atoms with Gasteiger partial charge in [0, 0.05) is 30.2 Å². The number of hydrogen-bond acceptors (Lipinski definition) is 4. The molecule has 0 radical (unpaired) electrons. The standard InChI is InChI=1S/C25H28N2O3/c1-3-17-29-23-9-4-5-10-24(23)30-18-25(2,28)27-15-12-19(13-16-27)20-7-6-8-22-21(20)11-14-26-22/h3-12,14,26,28H,1,13,15-18H2,2H3. The lowest BCUT2D eigenvalue weighted by molar-refractivity contribution is -0.114. The summed E-state index contributed by atoms with van der Waals surface area (Å²) in [6.07, 6.45) is 6.75. The van der Waals surface area contributed by atoms with Crippen LogP contribution < -0.4 is 9.47 Å². The fraction of sp³-hybridized carbons (Fsp3) is 0.280. The Hall–Kier alpha value is -3.02. The van der Waals surface area contributed by atoms with Gasteiger partial charge in [0.25, 0.3) is 0 Å². The second kappa shape index (κ2) is 8.78. The molecule has 2 heterocycles. The van der Waals surface area contributed by atoms with Crippen molar-refractivity contribution in [1.29, 1.82) is 0 Å². The number of H-pyrrole nitrogens is 1. The maximum Gasteiger partial charge on any atom is 0.161 e. The van der Waals surface area contributed by atoms with Crippen molar-refractivity contribution in [1.82, 2.24) is 9.88 Å². The van der Waals surface area contributed by atoms with E-state index in [4.69, 9.17) is 9.47 Å². The number of hydrogen-bond donors (Lipinski definition) is 2. The van der Waals surface area contributed by atoms with Crippen LogP contribution in [0.1, 0.15) is 18.9 Å². The molecule has 2 N–H and O–H groups in total. The van der Waals surface area contributed by atoms with Crippen molar-refractivity contribution >= 4 is 16.5 Å². The summed E-state index contributed by atoms with van der Waals surface area (Å²) in [5.74, 6) is 1.26. The van der Waals surface area contributed by atoms with Crippen molar-refractivity contribution in [3.63, 3.8) is 0 Å². The molecule has 1 aliphatic heterocycles. The number of aromatic nitrogens is 1. The molecule has 5 heteroatoms. The molecule has 156 valence electrons. The van der Waals surface area contributed by atoms with Crippen molar-refractivity contribution in [2.24, 2.45) is 0 Å². The molecule has 0 amide bonds. The van der Waals surface area contributed by atoms with E-state index in [-0.39, 0.29) is 6.61 Å². The second-order valence-corrected chi connectivity index (χ2v) is 7.72. The first-order chi connectivity index (χ1) is 14.6. The third-order valence-electron chi connectivity index (χ3n) is 5.54. The lowest BCUT2D eigenvalue weighted by atomic mass is 9.95. The van der Waals surface area contributed by atoms with Gasteiger partial charge in [-0.1, -0.05) is 43.0 Å². The Labute approximate surface area is 177 Å². The summed E-state index contributed by atoms with van der Waals surface area (Å²) in [4.78, 5) is 5.31. The second-order valence-electron chi connectivity index (χ2n) is 7.72. The summed E-state index contributed by atoms with van der Waals surface area (Å²) in [7, 11) is 0. The van der Waals surface area contributed by atoms with E-state index < -0.39 is 5.72 Å². The third-order valence-corrected chi connectivity index (χ3v) is 5.54. The molecule has 4 rings (SSSR count). The van der Waals surface area contributed by atoms with Crippen molar-refractivity contribution in [2.45, 2.75) is 19.1 Å². The van der Waals surface area contributed by atoms with Crippen molar-refractivity contribution in [3.05, 3.63) is 79.0 Å². The lowest BCUT2D eigenvalue weighted by Crippen LogP contribution is -2.52. The number of rotatable bonds is 8. The number of para-hydroxylation sites is 2. The van der Waals surface area contributed by atoms with Crippen molar-refractivity contribution in [2.75, 3.05) is 26.3 Å². The van der Waals surface area contributed by atoms with Gasteiger partial charge in [-0.3, -0.25) is 4.90 Å². The lowest BCUT2D eigenvalue weighted by Gasteiger charge is -2.38. The molecular weight excluding hydrogens is 376 g/mol. The van der Waals surface area contributed by atoms with E-state index in [1.807, 2.05) is 35.4 Å². The van der Waals surface area contributed by atoms with E-state index in [2.05, 4.69) is 41.9 Å². The van der Waals surface area contributed by atoms with E-state index in [0.717, 1.165) is 18.5 Å². The fourth-order valence-corrected chi connectivity index (χ4v) is 3.86. The summed E-state index contributed by atoms with van der Waals surface area (Å²) in [6, 6.07) is 15.9. The Morgan fingerprint density at radius 1 is 1.13 bits per heavy atom. The number of fused-ring (bicyclic) bond motifs is 1. The summed E-state index contributed by atoms with van der Waals surface area (Å²) < 4.78 is 11.6. The Balaban J connectivity index is 1.43. The van der Waals surface area contributed by atoms with Gasteiger partial charge in [0.15, 0.2) is 11.5 Å². The van der Waals surface area contributed by atoms with Crippen LogP contribution in [0, 0.1) is 0 Å². The van der Waals surface area contributed by atoms with Crippen LogP contribution in [-0.4, -0.2) is 47.0 Å². The quantitative estimate of drug-likeness (QED) is 0.539. The normalized spacial score (nSPS) is 16.7. The zero-order chi connectivity index (χ0) is 21.0. The van der Waals surface area contributed by atoms with Crippen LogP contribution in [0.3, 0.4) is 0 Å². The van der Waals surface area contributed by atoms with Crippen LogP contribution in [0.25, 0.3) is 16.5 Å². The molecule has 0 saturated heterocycles. The molecule has 1 unspecified atom stereocenters. The molecule has 1 aliphatic rings. The van der Waals surface area contributed by atoms with Crippen LogP contribution in [-0.2, 0) is 0 Å². The van der Waals surface area contributed by atoms with Gasteiger partial charge in [-0.2, -0.15) is 0 Å². The van der Waals surface area contributed by atoms with E-state index in [1.54, 1.807) is 13.0 Å². The average molecular weight is 405 g/mol. The predicted molar refractivity (Wildman–Crippen MR) is 121 cm³/mol. The van der Waals surface area contributed by atoms with E-state index in [0.29, 0.717) is 24.7 Å². The van der Waals surface area contributed by atoms with Gasteiger partial charge in [-0.15, -0.1) is 0 Å². The third kappa shape index (κ3) is 4.27. The maximum absolute atomic E-state index is 11.1. The highest BCUT2D eigenvalue weighted by Crippen LogP contribution is 2.31. The van der Waals surface area contributed by atoms with Crippen molar-refractivity contribution in [3.8, 4) is 11.5 Å². The first-order valence-electron chi connectivity index (χ1n) is 10.3. The van der Waals surface area contributed by atoms with Crippen molar-refractivity contribution < 1.29 is 14.6 Å². The molecule has 30 heavy (non-hydrogen) atoms. The Morgan fingerprint density at radius 3 is 2.67 bits per heavy atom. The monoisotopic (exact) mass is 404 g/mol.